The molecule has 4 rings (SSSR count). The first-order chi connectivity index (χ1) is 13.6. The number of rotatable bonds is 3. The van der Waals surface area contributed by atoms with Crippen LogP contribution in [0.25, 0.3) is 0 Å². The SMILES string of the molecule is CC1CN(c2ccc(C(=O)N3CCCCC3)cn2)CCN1c1ccc(F)cn1. The van der Waals surface area contributed by atoms with Crippen LogP contribution in [0.4, 0.5) is 16.0 Å². The normalized spacial score (nSPS) is 20.4. The molecule has 6 nitrogen and oxygen atoms in total. The molecule has 0 aromatic carbocycles. The molecule has 148 valence electrons. The number of pyridine rings is 2. The number of hydrogen-bond donors (Lipinski definition) is 0. The molecular weight excluding hydrogens is 357 g/mol. The largest absolute Gasteiger partial charge is 0.353 e. The van der Waals surface area contributed by atoms with E-state index in [-0.39, 0.29) is 17.8 Å². The van der Waals surface area contributed by atoms with Gasteiger partial charge in [0.2, 0.25) is 0 Å². The predicted molar refractivity (Wildman–Crippen MR) is 107 cm³/mol. The molecule has 7 heteroatoms. The number of halogens is 1. The molecule has 2 saturated heterocycles. The van der Waals surface area contributed by atoms with Crippen LogP contribution in [0.1, 0.15) is 36.5 Å². The first-order valence-corrected chi connectivity index (χ1v) is 10.0. The Morgan fingerprint density at radius 2 is 1.71 bits per heavy atom. The average Bonchev–Trinajstić information content (AvgIpc) is 2.75. The highest BCUT2D eigenvalue weighted by Gasteiger charge is 2.26. The van der Waals surface area contributed by atoms with Crippen LogP contribution in [0.2, 0.25) is 0 Å². The Balaban J connectivity index is 1.40. The van der Waals surface area contributed by atoms with Gasteiger partial charge in [-0.05, 0) is 50.5 Å². The second kappa shape index (κ2) is 8.12. The van der Waals surface area contributed by atoms with Gasteiger partial charge in [0, 0.05) is 45.0 Å². The summed E-state index contributed by atoms with van der Waals surface area (Å²) in [6, 6.07) is 7.22. The van der Waals surface area contributed by atoms with E-state index in [9.17, 15) is 9.18 Å². The summed E-state index contributed by atoms with van der Waals surface area (Å²) in [6.07, 6.45) is 6.34. The van der Waals surface area contributed by atoms with Crippen molar-refractivity contribution in [2.75, 3.05) is 42.5 Å². The van der Waals surface area contributed by atoms with Gasteiger partial charge < -0.3 is 14.7 Å². The van der Waals surface area contributed by atoms with Gasteiger partial charge in [0.25, 0.3) is 5.91 Å². The molecule has 2 aromatic rings. The average molecular weight is 383 g/mol. The van der Waals surface area contributed by atoms with Crippen LogP contribution in [0.15, 0.2) is 36.7 Å². The van der Waals surface area contributed by atoms with E-state index in [1.807, 2.05) is 17.0 Å². The van der Waals surface area contributed by atoms with Crippen molar-refractivity contribution >= 4 is 17.5 Å². The van der Waals surface area contributed by atoms with Crippen molar-refractivity contribution in [2.45, 2.75) is 32.2 Å². The number of piperazine rings is 1. The summed E-state index contributed by atoms with van der Waals surface area (Å²) < 4.78 is 13.1. The Kier molecular flexibility index (Phi) is 5.41. The van der Waals surface area contributed by atoms with Crippen LogP contribution >= 0.6 is 0 Å². The van der Waals surface area contributed by atoms with E-state index in [0.717, 1.165) is 57.2 Å². The van der Waals surface area contributed by atoms with E-state index in [2.05, 4.69) is 26.7 Å². The summed E-state index contributed by atoms with van der Waals surface area (Å²) in [4.78, 5) is 27.7. The lowest BCUT2D eigenvalue weighted by Crippen LogP contribution is -2.52. The number of hydrogen-bond acceptors (Lipinski definition) is 5. The van der Waals surface area contributed by atoms with Crippen LogP contribution in [-0.2, 0) is 0 Å². The number of aromatic nitrogens is 2. The Morgan fingerprint density at radius 3 is 2.36 bits per heavy atom. The zero-order valence-electron chi connectivity index (χ0n) is 16.2. The second-order valence-electron chi connectivity index (χ2n) is 7.58. The lowest BCUT2D eigenvalue weighted by molar-refractivity contribution is 0.0724. The lowest BCUT2D eigenvalue weighted by Gasteiger charge is -2.41. The molecule has 2 aliphatic heterocycles. The first-order valence-electron chi connectivity index (χ1n) is 10.0. The van der Waals surface area contributed by atoms with Gasteiger partial charge in [-0.3, -0.25) is 4.79 Å². The van der Waals surface area contributed by atoms with Crippen molar-refractivity contribution in [3.8, 4) is 0 Å². The maximum absolute atomic E-state index is 13.1. The van der Waals surface area contributed by atoms with Crippen molar-refractivity contribution in [1.82, 2.24) is 14.9 Å². The van der Waals surface area contributed by atoms with Crippen LogP contribution in [0.3, 0.4) is 0 Å². The highest BCUT2D eigenvalue weighted by atomic mass is 19.1. The third kappa shape index (κ3) is 3.93. The third-order valence-electron chi connectivity index (χ3n) is 5.60. The Hall–Kier alpha value is -2.70. The van der Waals surface area contributed by atoms with Gasteiger partial charge in [-0.25, -0.2) is 14.4 Å². The number of amides is 1. The topological polar surface area (TPSA) is 52.6 Å². The van der Waals surface area contributed by atoms with Crippen LogP contribution < -0.4 is 9.80 Å². The zero-order chi connectivity index (χ0) is 19.5. The van der Waals surface area contributed by atoms with Crippen LogP contribution in [0, 0.1) is 5.82 Å². The highest BCUT2D eigenvalue weighted by molar-refractivity contribution is 5.94. The number of nitrogens with zero attached hydrogens (tertiary/aromatic N) is 5. The zero-order valence-corrected chi connectivity index (χ0v) is 16.2. The van der Waals surface area contributed by atoms with E-state index >= 15 is 0 Å². The van der Waals surface area contributed by atoms with E-state index < -0.39 is 0 Å². The van der Waals surface area contributed by atoms with Gasteiger partial charge in [0.15, 0.2) is 0 Å². The molecule has 4 heterocycles. The maximum atomic E-state index is 13.1. The maximum Gasteiger partial charge on any atom is 0.255 e. The summed E-state index contributed by atoms with van der Waals surface area (Å²) in [5.41, 5.74) is 0.660. The molecule has 0 spiro atoms. The lowest BCUT2D eigenvalue weighted by atomic mass is 10.1. The first kappa shape index (κ1) is 18.7. The molecule has 1 amide bonds. The number of piperidine rings is 1. The molecular formula is C21H26FN5O. The molecule has 2 aromatic heterocycles. The summed E-state index contributed by atoms with van der Waals surface area (Å²) >= 11 is 0. The van der Waals surface area contributed by atoms with Gasteiger partial charge in [0.05, 0.1) is 11.8 Å². The quantitative estimate of drug-likeness (QED) is 0.816. The van der Waals surface area contributed by atoms with E-state index in [1.54, 1.807) is 12.3 Å². The number of anilines is 2. The van der Waals surface area contributed by atoms with E-state index in [1.165, 1.54) is 18.7 Å². The van der Waals surface area contributed by atoms with Gasteiger partial charge in [-0.2, -0.15) is 0 Å². The molecule has 0 radical (unpaired) electrons. The van der Waals surface area contributed by atoms with Crippen molar-refractivity contribution in [2.24, 2.45) is 0 Å². The number of likely N-dealkylation sites (tertiary alicyclic amines) is 1. The fraction of sp³-hybridized carbons (Fsp3) is 0.476. The monoisotopic (exact) mass is 383 g/mol. The van der Waals surface area contributed by atoms with Crippen molar-refractivity contribution in [3.63, 3.8) is 0 Å². The summed E-state index contributed by atoms with van der Waals surface area (Å²) in [5.74, 6) is 1.44. The fourth-order valence-electron chi connectivity index (χ4n) is 4.02. The smallest absolute Gasteiger partial charge is 0.255 e. The van der Waals surface area contributed by atoms with Crippen molar-refractivity contribution in [1.29, 1.82) is 0 Å². The third-order valence-corrected chi connectivity index (χ3v) is 5.60. The van der Waals surface area contributed by atoms with Crippen molar-refractivity contribution < 1.29 is 9.18 Å². The predicted octanol–water partition coefficient (Wildman–Crippen LogP) is 2.96. The molecule has 2 fully saturated rings. The van der Waals surface area contributed by atoms with Crippen molar-refractivity contribution in [3.05, 3.63) is 48.0 Å². The Bertz CT molecular complexity index is 805. The standard InChI is InChI=1S/C21H26FN5O/c1-16-15-26(11-12-27(16)20-8-6-18(22)14-24-20)19-7-5-17(13-23-19)21(28)25-9-3-2-4-10-25/h5-8,13-14,16H,2-4,9-12,15H2,1H3. The molecule has 0 saturated carbocycles. The molecule has 28 heavy (non-hydrogen) atoms. The fourth-order valence-corrected chi connectivity index (χ4v) is 4.02. The Morgan fingerprint density at radius 1 is 0.964 bits per heavy atom. The van der Waals surface area contributed by atoms with Gasteiger partial charge in [-0.15, -0.1) is 0 Å². The van der Waals surface area contributed by atoms with Gasteiger partial charge in [0.1, 0.15) is 17.5 Å². The number of carbonyl (C=O) groups excluding carboxylic acids is 1. The van der Waals surface area contributed by atoms with E-state index in [0.29, 0.717) is 5.56 Å². The molecule has 1 unspecified atom stereocenters. The molecule has 1 atom stereocenters. The second-order valence-corrected chi connectivity index (χ2v) is 7.58. The Labute approximate surface area is 165 Å². The molecule has 0 aliphatic carbocycles. The summed E-state index contributed by atoms with van der Waals surface area (Å²) in [5, 5.41) is 0. The van der Waals surface area contributed by atoms with E-state index in [4.69, 9.17) is 0 Å². The minimum atomic E-state index is -0.321. The van der Waals surface area contributed by atoms with Crippen LogP contribution in [0.5, 0.6) is 0 Å². The molecule has 0 bridgehead atoms. The highest BCUT2D eigenvalue weighted by Crippen LogP contribution is 2.22. The van der Waals surface area contributed by atoms with Crippen LogP contribution in [-0.4, -0.2) is 59.5 Å². The van der Waals surface area contributed by atoms with Gasteiger partial charge >= 0.3 is 0 Å². The molecule has 0 N–H and O–H groups in total. The summed E-state index contributed by atoms with van der Waals surface area (Å²) in [6.45, 7) is 6.21. The van der Waals surface area contributed by atoms with Gasteiger partial charge in [-0.1, -0.05) is 0 Å². The molecule has 2 aliphatic rings. The minimum absolute atomic E-state index is 0.0827. The number of carbonyl (C=O) groups is 1. The minimum Gasteiger partial charge on any atom is -0.353 e. The summed E-state index contributed by atoms with van der Waals surface area (Å²) in [7, 11) is 0.